The van der Waals surface area contributed by atoms with Gasteiger partial charge in [0, 0.05) is 0 Å². The van der Waals surface area contributed by atoms with Crippen LogP contribution in [0.5, 0.6) is 0 Å². The molecule has 0 aromatic heterocycles. The summed E-state index contributed by atoms with van der Waals surface area (Å²) >= 11 is 0. The van der Waals surface area contributed by atoms with Crippen molar-refractivity contribution in [1.82, 2.24) is 0 Å². The van der Waals surface area contributed by atoms with E-state index in [0.717, 1.165) is 6.42 Å². The van der Waals surface area contributed by atoms with Gasteiger partial charge in [0.15, 0.2) is 0 Å². The van der Waals surface area contributed by atoms with Gasteiger partial charge in [-0.1, -0.05) is 12.7 Å². The van der Waals surface area contributed by atoms with E-state index in [9.17, 15) is 22.0 Å². The van der Waals surface area contributed by atoms with Gasteiger partial charge in [-0.05, 0) is 12.5 Å². The average molecular weight is 186 g/mol. The zero-order chi connectivity index (χ0) is 9.98. The molecule has 0 nitrogen and oxygen atoms in total. The van der Waals surface area contributed by atoms with Crippen LogP contribution in [0.3, 0.4) is 0 Å². The third-order valence-corrected chi connectivity index (χ3v) is 0.528. The molecule has 0 aliphatic heterocycles. The summed E-state index contributed by atoms with van der Waals surface area (Å²) in [6, 6.07) is 0. The van der Waals surface area contributed by atoms with Crippen molar-refractivity contribution in [1.29, 1.82) is 0 Å². The molecule has 12 heavy (non-hydrogen) atoms. The molecule has 0 N–H and O–H groups in total. The number of allylic oxidation sites excluding steroid dienone is 1. The van der Waals surface area contributed by atoms with Gasteiger partial charge in [-0.15, -0.1) is 0 Å². The van der Waals surface area contributed by atoms with E-state index in [0.29, 0.717) is 6.33 Å². The van der Waals surface area contributed by atoms with Crippen LogP contribution in [0.25, 0.3) is 0 Å². The lowest BCUT2D eigenvalue weighted by Crippen LogP contribution is -1.56. The molecule has 5 heteroatoms. The fraction of sp³-hybridized carbons (Fsp3) is 0.286. The predicted molar refractivity (Wildman–Crippen MR) is 35.5 cm³/mol. The Morgan fingerprint density at radius 1 is 1.17 bits per heavy atom. The summed E-state index contributed by atoms with van der Waals surface area (Å²) in [4.78, 5) is 0. The number of hydrogen-bond donors (Lipinski definition) is 0. The normalized spacial score (nSPS) is 7.17. The maximum atomic E-state index is 10.9. The molecule has 0 fully saturated rings. The Morgan fingerprint density at radius 3 is 1.67 bits per heavy atom. The van der Waals surface area contributed by atoms with Crippen molar-refractivity contribution in [3.05, 3.63) is 30.3 Å². The molecule has 0 aromatic rings. The van der Waals surface area contributed by atoms with E-state index in [1.54, 1.807) is 6.08 Å². The van der Waals surface area contributed by atoms with Crippen molar-refractivity contribution in [3.8, 4) is 0 Å². The Hall–Kier alpha value is -1.09. The van der Waals surface area contributed by atoms with Crippen LogP contribution in [0, 0.1) is 0 Å². The summed E-state index contributed by atoms with van der Waals surface area (Å²) in [6.07, 6.45) is -2.94. The van der Waals surface area contributed by atoms with E-state index in [1.807, 2.05) is 6.92 Å². The van der Waals surface area contributed by atoms with Crippen LogP contribution in [-0.2, 0) is 0 Å². The van der Waals surface area contributed by atoms with Crippen LogP contribution in [0.2, 0.25) is 0 Å². The Kier molecular flexibility index (Phi) is 11.1. The summed E-state index contributed by atoms with van der Waals surface area (Å²) in [5, 5.41) is 0. The molecule has 0 bridgehead atoms. The quantitative estimate of drug-likeness (QED) is 0.428. The van der Waals surface area contributed by atoms with Crippen molar-refractivity contribution in [2.75, 3.05) is 0 Å². The lowest BCUT2D eigenvalue weighted by Gasteiger charge is -1.69. The highest BCUT2D eigenvalue weighted by molar-refractivity contribution is 4.77. The largest absolute Gasteiger partial charge is 0.334 e. The maximum absolute atomic E-state index is 10.9. The second-order valence-corrected chi connectivity index (χ2v) is 1.41. The zero-order valence-electron chi connectivity index (χ0n) is 6.25. The first-order valence-electron chi connectivity index (χ1n) is 2.92. The third kappa shape index (κ3) is 16.0. The van der Waals surface area contributed by atoms with E-state index >= 15 is 0 Å². The van der Waals surface area contributed by atoms with Crippen molar-refractivity contribution in [2.45, 2.75) is 13.3 Å². The summed E-state index contributed by atoms with van der Waals surface area (Å²) in [7, 11) is 0. The minimum absolute atomic E-state index is 0.406. The van der Waals surface area contributed by atoms with E-state index in [1.165, 1.54) is 0 Å². The molecule has 0 aliphatic carbocycles. The third-order valence-electron chi connectivity index (χ3n) is 0.528. The van der Waals surface area contributed by atoms with Gasteiger partial charge < -0.3 is 0 Å². The highest BCUT2D eigenvalue weighted by atomic mass is 19.3. The summed E-state index contributed by atoms with van der Waals surface area (Å²) in [5.74, 6) is 0. The molecule has 0 unspecified atom stereocenters. The van der Waals surface area contributed by atoms with Crippen molar-refractivity contribution in [2.24, 2.45) is 0 Å². The minimum Gasteiger partial charge on any atom is -0.206 e. The second-order valence-electron chi connectivity index (χ2n) is 1.41. The number of rotatable bonds is 1. The molecule has 0 heterocycles. The maximum Gasteiger partial charge on any atom is 0.334 e. The Balaban J connectivity index is 0. The second kappa shape index (κ2) is 9.91. The van der Waals surface area contributed by atoms with Crippen LogP contribution in [0.15, 0.2) is 30.3 Å². The van der Waals surface area contributed by atoms with Crippen LogP contribution >= 0.6 is 0 Å². The fourth-order valence-electron chi connectivity index (χ4n) is 0.162. The van der Waals surface area contributed by atoms with Gasteiger partial charge in [0.2, 0.25) is 0 Å². The minimum atomic E-state index is -2.91. The van der Waals surface area contributed by atoms with Crippen LogP contribution in [0.4, 0.5) is 22.0 Å². The van der Waals surface area contributed by atoms with Gasteiger partial charge in [-0.25, -0.2) is 4.39 Å². The van der Waals surface area contributed by atoms with E-state index in [-0.39, 0.29) is 0 Å². The molecule has 0 rings (SSSR count). The molecule has 0 aliphatic rings. The summed E-state index contributed by atoms with van der Waals surface area (Å²) < 4.78 is 52.1. The molecule has 0 atom stereocenters. The van der Waals surface area contributed by atoms with Gasteiger partial charge in [0.25, 0.3) is 0 Å². The first kappa shape index (κ1) is 13.5. The van der Waals surface area contributed by atoms with E-state index in [4.69, 9.17) is 0 Å². The monoisotopic (exact) mass is 186 g/mol. The standard InChI is InChI=1S/C5H7F.C2F4/c1-2-3-4-5-6;3-1(4)2(5)6/h3,5H,2H2,1H3;. The fourth-order valence-corrected chi connectivity index (χ4v) is 0.162. The van der Waals surface area contributed by atoms with E-state index in [2.05, 4.69) is 5.73 Å². The molecule has 0 saturated carbocycles. The molecular weight excluding hydrogens is 179 g/mol. The lowest BCUT2D eigenvalue weighted by atomic mass is 10.5. The Bertz CT molecular complexity index is 170. The Labute approximate surface area is 66.7 Å². The summed E-state index contributed by atoms with van der Waals surface area (Å²) in [5.41, 5.74) is 2.28. The highest BCUT2D eigenvalue weighted by Crippen LogP contribution is 2.08. The van der Waals surface area contributed by atoms with Gasteiger partial charge in [-0.2, -0.15) is 17.6 Å². The zero-order valence-corrected chi connectivity index (χ0v) is 6.25. The molecule has 0 radical (unpaired) electrons. The lowest BCUT2D eigenvalue weighted by molar-refractivity contribution is 0.308. The Morgan fingerprint density at radius 2 is 1.58 bits per heavy atom. The molecule has 0 aromatic carbocycles. The summed E-state index contributed by atoms with van der Waals surface area (Å²) in [6.45, 7) is 1.93. The van der Waals surface area contributed by atoms with Crippen LogP contribution < -0.4 is 0 Å². The molecule has 0 saturated heterocycles. The topological polar surface area (TPSA) is 0 Å². The first-order valence-corrected chi connectivity index (χ1v) is 2.92. The smallest absolute Gasteiger partial charge is 0.206 e. The molecule has 0 spiro atoms. The van der Waals surface area contributed by atoms with Gasteiger partial charge in [0.05, 0.1) is 0 Å². The first-order chi connectivity index (χ1) is 5.56. The van der Waals surface area contributed by atoms with Gasteiger partial charge >= 0.3 is 12.2 Å². The van der Waals surface area contributed by atoms with E-state index < -0.39 is 12.2 Å². The number of halogens is 5. The van der Waals surface area contributed by atoms with Crippen LogP contribution in [0.1, 0.15) is 13.3 Å². The van der Waals surface area contributed by atoms with Crippen molar-refractivity contribution < 1.29 is 22.0 Å². The molecule has 70 valence electrons. The SMILES string of the molecule is CCC=C=CF.FC(F)=C(F)F. The average Bonchev–Trinajstić information content (AvgIpc) is 2.02. The molecular formula is C7H7F5. The van der Waals surface area contributed by atoms with Crippen molar-refractivity contribution in [3.63, 3.8) is 0 Å². The number of hydrogen-bond acceptors (Lipinski definition) is 0. The van der Waals surface area contributed by atoms with Crippen molar-refractivity contribution >= 4 is 0 Å². The molecule has 0 amide bonds. The van der Waals surface area contributed by atoms with Gasteiger partial charge in [-0.3, -0.25) is 0 Å². The van der Waals surface area contributed by atoms with Gasteiger partial charge in [0.1, 0.15) is 6.33 Å². The highest BCUT2D eigenvalue weighted by Gasteiger charge is 1.98. The predicted octanol–water partition coefficient (Wildman–Crippen LogP) is 4.03. The van der Waals surface area contributed by atoms with Crippen LogP contribution in [-0.4, -0.2) is 0 Å².